The first kappa shape index (κ1) is 14.1. The maximum Gasteiger partial charge on any atom is 0.0762 e. The molecule has 20 heavy (non-hydrogen) atoms. The van der Waals surface area contributed by atoms with E-state index in [4.69, 9.17) is 5.10 Å². The van der Waals surface area contributed by atoms with E-state index in [1.54, 1.807) is 0 Å². The normalized spacial score (nSPS) is 23.2. The third-order valence-corrected chi connectivity index (χ3v) is 5.12. The molecule has 2 N–H and O–H groups in total. The number of rotatable bonds is 5. The number of nitrogens with one attached hydrogen (secondary N) is 1. The van der Waals surface area contributed by atoms with Gasteiger partial charge in [-0.05, 0) is 31.7 Å². The van der Waals surface area contributed by atoms with Crippen molar-refractivity contribution >= 4 is 0 Å². The van der Waals surface area contributed by atoms with Gasteiger partial charge in [0.2, 0.25) is 0 Å². The smallest absolute Gasteiger partial charge is 0.0762 e. The van der Waals surface area contributed by atoms with Crippen LogP contribution in [0.15, 0.2) is 12.3 Å². The van der Waals surface area contributed by atoms with Gasteiger partial charge < -0.3 is 10.4 Å². The molecule has 4 nitrogen and oxygen atoms in total. The minimum absolute atomic E-state index is 0.0601. The van der Waals surface area contributed by atoms with Crippen LogP contribution >= 0.6 is 0 Å². The summed E-state index contributed by atoms with van der Waals surface area (Å²) in [6.45, 7) is 1.02. The summed E-state index contributed by atoms with van der Waals surface area (Å²) in [6, 6.07) is 2.74. The lowest BCUT2D eigenvalue weighted by Crippen LogP contribution is -2.49. The topological polar surface area (TPSA) is 50.1 Å². The molecule has 1 aromatic heterocycles. The van der Waals surface area contributed by atoms with E-state index < -0.39 is 0 Å². The van der Waals surface area contributed by atoms with E-state index in [0.29, 0.717) is 6.04 Å². The maximum absolute atomic E-state index is 9.71. The largest absolute Gasteiger partial charge is 0.394 e. The minimum Gasteiger partial charge on any atom is -0.394 e. The molecular weight excluding hydrogens is 250 g/mol. The lowest BCUT2D eigenvalue weighted by Gasteiger charge is -2.36. The second kappa shape index (κ2) is 6.27. The number of hydrogen-bond acceptors (Lipinski definition) is 3. The monoisotopic (exact) mass is 277 g/mol. The summed E-state index contributed by atoms with van der Waals surface area (Å²) in [6.07, 6.45) is 13.3. The van der Waals surface area contributed by atoms with Gasteiger partial charge in [0, 0.05) is 18.3 Å². The summed E-state index contributed by atoms with van der Waals surface area (Å²) in [5.74, 6) is 0. The van der Waals surface area contributed by atoms with Gasteiger partial charge in [-0.3, -0.25) is 4.68 Å². The highest BCUT2D eigenvalue weighted by Crippen LogP contribution is 2.29. The fourth-order valence-corrected chi connectivity index (χ4v) is 3.74. The zero-order valence-electron chi connectivity index (χ0n) is 12.4. The molecule has 2 aliphatic rings. The van der Waals surface area contributed by atoms with Gasteiger partial charge in [0.15, 0.2) is 0 Å². The second-order valence-electron chi connectivity index (χ2n) is 6.58. The van der Waals surface area contributed by atoms with Crippen molar-refractivity contribution in [3.8, 4) is 0 Å². The van der Waals surface area contributed by atoms with Crippen LogP contribution in [-0.4, -0.2) is 27.0 Å². The van der Waals surface area contributed by atoms with Crippen LogP contribution in [-0.2, 0) is 6.54 Å². The molecule has 2 saturated carbocycles. The van der Waals surface area contributed by atoms with Crippen molar-refractivity contribution in [2.45, 2.75) is 75.9 Å². The Hall–Kier alpha value is -0.870. The molecule has 1 aromatic rings. The molecule has 4 heteroatoms. The molecule has 112 valence electrons. The molecule has 0 amide bonds. The fourth-order valence-electron chi connectivity index (χ4n) is 3.74. The molecule has 1 heterocycles. The fraction of sp³-hybridized carbons (Fsp3) is 0.812. The van der Waals surface area contributed by atoms with Gasteiger partial charge in [-0.15, -0.1) is 0 Å². The predicted molar refractivity (Wildman–Crippen MR) is 79.5 cm³/mol. The van der Waals surface area contributed by atoms with Crippen molar-refractivity contribution in [3.05, 3.63) is 18.0 Å². The van der Waals surface area contributed by atoms with Crippen molar-refractivity contribution in [1.82, 2.24) is 15.1 Å². The molecule has 2 aliphatic carbocycles. The number of nitrogens with zero attached hydrogens (tertiary/aromatic N) is 2. The van der Waals surface area contributed by atoms with E-state index in [-0.39, 0.29) is 12.1 Å². The highest BCUT2D eigenvalue weighted by atomic mass is 16.3. The molecule has 0 aliphatic heterocycles. The standard InChI is InChI=1S/C16H27N3O/c20-13-16(9-4-1-5-10-16)17-12-14-8-11-19(18-14)15-6-2-3-7-15/h8,11,15,17,20H,1-7,9-10,12-13H2. The highest BCUT2D eigenvalue weighted by molar-refractivity contribution is 5.02. The van der Waals surface area contributed by atoms with E-state index in [1.807, 2.05) is 0 Å². The zero-order chi connectivity index (χ0) is 13.8. The number of hydrogen-bond donors (Lipinski definition) is 2. The molecular formula is C16H27N3O. The number of aliphatic hydroxyl groups is 1. The Morgan fingerprint density at radius 1 is 1.20 bits per heavy atom. The van der Waals surface area contributed by atoms with Crippen molar-refractivity contribution in [2.75, 3.05) is 6.61 Å². The third kappa shape index (κ3) is 3.07. The second-order valence-corrected chi connectivity index (χ2v) is 6.58. The van der Waals surface area contributed by atoms with E-state index in [0.717, 1.165) is 25.1 Å². The lowest BCUT2D eigenvalue weighted by molar-refractivity contribution is 0.119. The van der Waals surface area contributed by atoms with Crippen molar-refractivity contribution in [3.63, 3.8) is 0 Å². The van der Waals surface area contributed by atoms with E-state index >= 15 is 0 Å². The summed E-state index contributed by atoms with van der Waals surface area (Å²) in [4.78, 5) is 0. The SMILES string of the molecule is OCC1(NCc2ccn(C3CCCC3)n2)CCCCC1. The molecule has 2 fully saturated rings. The molecule has 0 atom stereocenters. The van der Waals surface area contributed by atoms with Gasteiger partial charge in [-0.2, -0.15) is 5.10 Å². The van der Waals surface area contributed by atoms with Gasteiger partial charge in [0.1, 0.15) is 0 Å². The van der Waals surface area contributed by atoms with Crippen LogP contribution in [0.25, 0.3) is 0 Å². The van der Waals surface area contributed by atoms with Crippen LogP contribution in [0.2, 0.25) is 0 Å². The molecule has 0 spiro atoms. The first-order valence-corrected chi connectivity index (χ1v) is 8.21. The Balaban J connectivity index is 1.57. The predicted octanol–water partition coefficient (Wildman–Crippen LogP) is 2.78. The minimum atomic E-state index is -0.0601. The van der Waals surface area contributed by atoms with Gasteiger partial charge in [0.05, 0.1) is 18.3 Å². The highest BCUT2D eigenvalue weighted by Gasteiger charge is 2.30. The van der Waals surface area contributed by atoms with Crippen molar-refractivity contribution in [1.29, 1.82) is 0 Å². The van der Waals surface area contributed by atoms with E-state index in [1.165, 1.54) is 44.9 Å². The lowest BCUT2D eigenvalue weighted by atomic mass is 9.82. The van der Waals surface area contributed by atoms with E-state index in [2.05, 4.69) is 22.3 Å². The average molecular weight is 277 g/mol. The van der Waals surface area contributed by atoms with Gasteiger partial charge >= 0.3 is 0 Å². The molecule has 0 radical (unpaired) electrons. The first-order valence-electron chi connectivity index (χ1n) is 8.21. The maximum atomic E-state index is 9.71. The van der Waals surface area contributed by atoms with Crippen LogP contribution in [0.4, 0.5) is 0 Å². The van der Waals surface area contributed by atoms with Crippen LogP contribution in [0.5, 0.6) is 0 Å². The first-order chi connectivity index (χ1) is 9.81. The van der Waals surface area contributed by atoms with Gasteiger partial charge in [0.25, 0.3) is 0 Å². The summed E-state index contributed by atoms with van der Waals surface area (Å²) in [7, 11) is 0. The average Bonchev–Trinajstić information content (AvgIpc) is 3.17. The van der Waals surface area contributed by atoms with Crippen LogP contribution < -0.4 is 5.32 Å². The van der Waals surface area contributed by atoms with Crippen LogP contribution in [0.3, 0.4) is 0 Å². The number of aromatic nitrogens is 2. The van der Waals surface area contributed by atoms with Crippen LogP contribution in [0, 0.1) is 0 Å². The third-order valence-electron chi connectivity index (χ3n) is 5.12. The van der Waals surface area contributed by atoms with Crippen molar-refractivity contribution in [2.24, 2.45) is 0 Å². The molecule has 0 unspecified atom stereocenters. The van der Waals surface area contributed by atoms with Gasteiger partial charge in [-0.25, -0.2) is 0 Å². The molecule has 0 aromatic carbocycles. The summed E-state index contributed by atoms with van der Waals surface area (Å²) >= 11 is 0. The Bertz CT molecular complexity index is 417. The quantitative estimate of drug-likeness (QED) is 0.870. The summed E-state index contributed by atoms with van der Waals surface area (Å²) in [5.41, 5.74) is 1.05. The molecule has 3 rings (SSSR count). The van der Waals surface area contributed by atoms with E-state index in [9.17, 15) is 5.11 Å². The molecule has 0 bridgehead atoms. The Labute approximate surface area is 121 Å². The summed E-state index contributed by atoms with van der Waals surface area (Å²) in [5, 5.41) is 18.0. The Morgan fingerprint density at radius 2 is 1.95 bits per heavy atom. The van der Waals surface area contributed by atoms with Crippen LogP contribution in [0.1, 0.15) is 69.5 Å². The van der Waals surface area contributed by atoms with Gasteiger partial charge in [-0.1, -0.05) is 32.1 Å². The Kier molecular flexibility index (Phi) is 4.41. The van der Waals surface area contributed by atoms with Crippen molar-refractivity contribution < 1.29 is 5.11 Å². The summed E-state index contributed by atoms with van der Waals surface area (Å²) < 4.78 is 2.15. The zero-order valence-corrected chi connectivity index (χ0v) is 12.4. The Morgan fingerprint density at radius 3 is 2.65 bits per heavy atom. The number of aliphatic hydroxyl groups excluding tert-OH is 1. The molecule has 0 saturated heterocycles.